The smallest absolute Gasteiger partial charge is 0.256 e. The van der Waals surface area contributed by atoms with Gasteiger partial charge in [0.1, 0.15) is 23.0 Å². The largest absolute Gasteiger partial charge is 0.493 e. The third kappa shape index (κ3) is 6.57. The van der Waals surface area contributed by atoms with E-state index in [2.05, 4.69) is 53.6 Å². The summed E-state index contributed by atoms with van der Waals surface area (Å²) in [7, 11) is 0. The van der Waals surface area contributed by atoms with E-state index >= 15 is 0 Å². The first kappa shape index (κ1) is 27.5. The second-order valence-corrected chi connectivity index (χ2v) is 11.5. The molecule has 0 unspecified atom stereocenters. The van der Waals surface area contributed by atoms with Crippen molar-refractivity contribution in [2.75, 3.05) is 19.8 Å². The molecule has 3 aromatic carbocycles. The summed E-state index contributed by atoms with van der Waals surface area (Å²) < 4.78 is 19.3. The van der Waals surface area contributed by atoms with Crippen LogP contribution in [-0.2, 0) is 0 Å². The van der Waals surface area contributed by atoms with Crippen molar-refractivity contribution in [2.24, 2.45) is 4.99 Å². The monoisotopic (exact) mass is 638 g/mol. The molecule has 3 aromatic rings. The number of benzene rings is 3. The van der Waals surface area contributed by atoms with Crippen LogP contribution in [0.25, 0.3) is 0 Å². The molecule has 0 aliphatic carbocycles. The Labute approximate surface area is 244 Å². The van der Waals surface area contributed by atoms with Crippen LogP contribution in [-0.4, -0.2) is 42.8 Å². The third-order valence-corrected chi connectivity index (χ3v) is 8.28. The minimum absolute atomic E-state index is 0.0803. The lowest BCUT2D eigenvalue weighted by Crippen LogP contribution is -2.35. The van der Waals surface area contributed by atoms with Gasteiger partial charge in [-0.1, -0.05) is 6.07 Å². The fourth-order valence-electron chi connectivity index (χ4n) is 4.94. The van der Waals surface area contributed by atoms with Crippen molar-refractivity contribution in [3.8, 4) is 23.0 Å². The molecule has 0 spiro atoms. The Morgan fingerprint density at radius 1 is 0.872 bits per heavy atom. The van der Waals surface area contributed by atoms with E-state index in [1.54, 1.807) is 0 Å². The maximum atomic E-state index is 13.0. The predicted molar refractivity (Wildman–Crippen MR) is 163 cm³/mol. The summed E-state index contributed by atoms with van der Waals surface area (Å²) in [6.45, 7) is 8.23. The van der Waals surface area contributed by atoms with Crippen LogP contribution in [0.4, 0.5) is 5.69 Å². The Morgan fingerprint density at radius 2 is 1.67 bits per heavy atom. The summed E-state index contributed by atoms with van der Waals surface area (Å²) in [5, 5.41) is 0. The number of aryl methyl sites for hydroxylation is 3. The SMILES string of the molecule is Cc1ccc(Oc2cc(OCCCCCOc3cc4c(cc3C)C(=O)N3CCC[C@H]3C=N4)ccc2I)cc1C. The molecule has 5 rings (SSSR count). The van der Waals surface area contributed by atoms with E-state index in [9.17, 15) is 4.79 Å². The van der Waals surface area contributed by atoms with E-state index in [1.165, 1.54) is 11.1 Å². The number of halogens is 1. The highest BCUT2D eigenvalue weighted by atomic mass is 127. The standard InChI is InChI=1S/C32H35IN2O4/c1-21-9-10-26(16-22(21)2)39-31-18-25(11-12-28(31)33)37-14-5-4-6-15-38-30-19-29-27(17-23(30)3)32(36)35-13-7-8-24(35)20-34-29/h9-12,16-20,24H,4-8,13-15H2,1-3H3/t24-/m0/s1. The normalized spacial score (nSPS) is 16.1. The maximum absolute atomic E-state index is 13.0. The number of carbonyl (C=O) groups excluding carboxylic acids is 1. The van der Waals surface area contributed by atoms with Gasteiger partial charge in [-0.05, 0) is 122 Å². The minimum atomic E-state index is 0.0803. The van der Waals surface area contributed by atoms with E-state index in [0.717, 1.165) is 70.8 Å². The summed E-state index contributed by atoms with van der Waals surface area (Å²) in [4.78, 5) is 19.5. The molecule has 2 aliphatic heterocycles. The first-order chi connectivity index (χ1) is 18.9. The number of hydrogen-bond acceptors (Lipinski definition) is 5. The summed E-state index contributed by atoms with van der Waals surface area (Å²) in [5.41, 5.74) is 4.81. The van der Waals surface area contributed by atoms with E-state index in [-0.39, 0.29) is 11.9 Å². The Hall–Kier alpha value is -3.07. The van der Waals surface area contributed by atoms with E-state index in [0.29, 0.717) is 24.5 Å². The quantitative estimate of drug-likeness (QED) is 0.167. The summed E-state index contributed by atoms with van der Waals surface area (Å²) in [6.07, 6.45) is 6.79. The fraction of sp³-hybridized carbons (Fsp3) is 0.375. The van der Waals surface area contributed by atoms with Crippen molar-refractivity contribution in [2.45, 2.75) is 58.9 Å². The Bertz CT molecular complexity index is 1390. The van der Waals surface area contributed by atoms with Crippen molar-refractivity contribution in [1.29, 1.82) is 0 Å². The number of rotatable bonds is 10. The van der Waals surface area contributed by atoms with Gasteiger partial charge >= 0.3 is 0 Å². The second kappa shape index (κ2) is 12.4. The van der Waals surface area contributed by atoms with Gasteiger partial charge in [-0.15, -0.1) is 0 Å². The highest BCUT2D eigenvalue weighted by Gasteiger charge is 2.32. The third-order valence-electron chi connectivity index (χ3n) is 7.39. The van der Waals surface area contributed by atoms with Crippen molar-refractivity contribution < 1.29 is 19.0 Å². The number of ether oxygens (including phenoxy) is 3. The van der Waals surface area contributed by atoms with Gasteiger partial charge in [-0.25, -0.2) is 0 Å². The van der Waals surface area contributed by atoms with Crippen LogP contribution >= 0.6 is 22.6 Å². The molecule has 2 heterocycles. The highest BCUT2D eigenvalue weighted by molar-refractivity contribution is 14.1. The molecule has 2 aliphatic rings. The molecule has 204 valence electrons. The van der Waals surface area contributed by atoms with Crippen LogP contribution in [0.15, 0.2) is 53.5 Å². The molecular weight excluding hydrogens is 603 g/mol. The summed E-state index contributed by atoms with van der Waals surface area (Å²) >= 11 is 2.29. The molecule has 0 N–H and O–H groups in total. The molecular formula is C32H35IN2O4. The number of unbranched alkanes of at least 4 members (excludes halogenated alkanes) is 2. The van der Waals surface area contributed by atoms with Gasteiger partial charge in [0.15, 0.2) is 0 Å². The van der Waals surface area contributed by atoms with Gasteiger partial charge in [0, 0.05) is 24.9 Å². The predicted octanol–water partition coefficient (Wildman–Crippen LogP) is 7.96. The lowest BCUT2D eigenvalue weighted by atomic mass is 10.1. The zero-order valence-electron chi connectivity index (χ0n) is 22.8. The molecule has 0 aromatic heterocycles. The zero-order chi connectivity index (χ0) is 27.4. The maximum Gasteiger partial charge on any atom is 0.256 e. The lowest BCUT2D eigenvalue weighted by Gasteiger charge is -2.20. The molecule has 1 saturated heterocycles. The number of fused-ring (bicyclic) bond motifs is 2. The van der Waals surface area contributed by atoms with Crippen molar-refractivity contribution in [3.63, 3.8) is 0 Å². The van der Waals surface area contributed by atoms with Gasteiger partial charge in [0.2, 0.25) is 0 Å². The van der Waals surface area contributed by atoms with Crippen molar-refractivity contribution in [1.82, 2.24) is 4.90 Å². The van der Waals surface area contributed by atoms with E-state index in [4.69, 9.17) is 14.2 Å². The molecule has 1 fully saturated rings. The van der Waals surface area contributed by atoms with Gasteiger partial charge < -0.3 is 19.1 Å². The molecule has 7 heteroatoms. The Balaban J connectivity index is 1.07. The van der Waals surface area contributed by atoms with Gasteiger partial charge in [0.05, 0.1) is 34.1 Å². The number of aliphatic imine (C=N–C) groups is 1. The van der Waals surface area contributed by atoms with Gasteiger partial charge in [-0.2, -0.15) is 0 Å². The molecule has 1 atom stereocenters. The minimum Gasteiger partial charge on any atom is -0.493 e. The van der Waals surface area contributed by atoms with Crippen molar-refractivity contribution >= 4 is 40.4 Å². The molecule has 0 saturated carbocycles. The fourth-order valence-corrected chi connectivity index (χ4v) is 5.39. The number of nitrogens with zero attached hydrogens (tertiary/aromatic N) is 2. The van der Waals surface area contributed by atoms with Gasteiger partial charge in [0.25, 0.3) is 5.91 Å². The van der Waals surface area contributed by atoms with Crippen LogP contribution in [0.2, 0.25) is 0 Å². The summed E-state index contributed by atoms with van der Waals surface area (Å²) in [6, 6.07) is 16.1. The van der Waals surface area contributed by atoms with E-state index in [1.807, 2.05) is 54.4 Å². The number of hydrogen-bond donors (Lipinski definition) is 0. The topological polar surface area (TPSA) is 60.4 Å². The van der Waals surface area contributed by atoms with Crippen molar-refractivity contribution in [3.05, 3.63) is 74.4 Å². The first-order valence-corrected chi connectivity index (χ1v) is 14.8. The van der Waals surface area contributed by atoms with Crippen LogP contribution in [0.1, 0.15) is 59.2 Å². The average molecular weight is 639 g/mol. The zero-order valence-corrected chi connectivity index (χ0v) is 25.0. The van der Waals surface area contributed by atoms with Gasteiger partial charge in [-0.3, -0.25) is 9.79 Å². The molecule has 6 nitrogen and oxygen atoms in total. The highest BCUT2D eigenvalue weighted by Crippen LogP contribution is 2.34. The number of amides is 1. The summed E-state index contributed by atoms with van der Waals surface area (Å²) in [5.74, 6) is 3.31. The van der Waals surface area contributed by atoms with Crippen LogP contribution in [0.3, 0.4) is 0 Å². The molecule has 0 bridgehead atoms. The Kier molecular flexibility index (Phi) is 8.75. The molecule has 39 heavy (non-hydrogen) atoms. The first-order valence-electron chi connectivity index (χ1n) is 13.7. The van der Waals surface area contributed by atoms with Crippen LogP contribution in [0.5, 0.6) is 23.0 Å². The molecule has 1 amide bonds. The van der Waals surface area contributed by atoms with Crippen LogP contribution in [0, 0.1) is 24.3 Å². The molecule has 0 radical (unpaired) electrons. The van der Waals surface area contributed by atoms with Crippen LogP contribution < -0.4 is 14.2 Å². The number of carbonyl (C=O) groups is 1. The Morgan fingerprint density at radius 3 is 2.49 bits per heavy atom. The van der Waals surface area contributed by atoms with E-state index < -0.39 is 0 Å². The second-order valence-electron chi connectivity index (χ2n) is 10.3. The lowest BCUT2D eigenvalue weighted by molar-refractivity contribution is 0.0774. The average Bonchev–Trinajstić information content (AvgIpc) is 3.35.